The fourth-order valence-corrected chi connectivity index (χ4v) is 0.728. The van der Waals surface area contributed by atoms with Crippen LogP contribution in [0.4, 0.5) is 4.79 Å². The number of carbonyl (C=O) groups excluding carboxylic acids is 1. The minimum absolute atomic E-state index is 0.163. The topological polar surface area (TPSA) is 89.6 Å². The third kappa shape index (κ3) is 8.74. The smallest absolute Gasteiger partial charge is 0.404 e. The largest absolute Gasteiger partial charge is 0.481 e. The van der Waals surface area contributed by atoms with Gasteiger partial charge in [0.2, 0.25) is 0 Å². The van der Waals surface area contributed by atoms with Gasteiger partial charge in [-0.15, -0.1) is 0 Å². The first kappa shape index (κ1) is 10.7. The molecular weight excluding hydrogens is 162 g/mol. The Morgan fingerprint density at radius 3 is 2.42 bits per heavy atom. The number of hydrogen-bond donors (Lipinski definition) is 2. The first-order chi connectivity index (χ1) is 5.63. The second-order valence-corrected chi connectivity index (χ2v) is 2.37. The van der Waals surface area contributed by atoms with Crippen molar-refractivity contribution in [1.82, 2.24) is 0 Å². The van der Waals surface area contributed by atoms with E-state index in [1.165, 1.54) is 0 Å². The second-order valence-electron chi connectivity index (χ2n) is 2.37. The molecule has 0 fully saturated rings. The first-order valence-electron chi connectivity index (χ1n) is 3.77. The summed E-state index contributed by atoms with van der Waals surface area (Å²) in [6.07, 6.45) is 1.39. The highest BCUT2D eigenvalue weighted by atomic mass is 16.5. The van der Waals surface area contributed by atoms with Crippen LogP contribution in [0.1, 0.15) is 25.7 Å². The summed E-state index contributed by atoms with van der Waals surface area (Å²) in [5.41, 5.74) is 4.70. The molecule has 0 spiro atoms. The molecule has 0 rings (SSSR count). The number of carboxylic acid groups (broad SMARTS) is 1. The van der Waals surface area contributed by atoms with E-state index in [9.17, 15) is 9.59 Å². The number of unbranched alkanes of at least 4 members (excludes halogenated alkanes) is 2. The summed E-state index contributed by atoms with van der Waals surface area (Å²) in [6.45, 7) is 0.273. The van der Waals surface area contributed by atoms with E-state index in [-0.39, 0.29) is 13.0 Å². The molecule has 0 aromatic carbocycles. The van der Waals surface area contributed by atoms with Gasteiger partial charge in [-0.25, -0.2) is 4.79 Å². The first-order valence-corrected chi connectivity index (χ1v) is 3.77. The maximum Gasteiger partial charge on any atom is 0.404 e. The van der Waals surface area contributed by atoms with Crippen molar-refractivity contribution in [2.24, 2.45) is 5.73 Å². The highest BCUT2D eigenvalue weighted by molar-refractivity contribution is 5.66. The summed E-state index contributed by atoms with van der Waals surface area (Å²) in [7, 11) is 0. The van der Waals surface area contributed by atoms with Crippen LogP contribution in [0.2, 0.25) is 0 Å². The highest BCUT2D eigenvalue weighted by Crippen LogP contribution is 1.99. The predicted molar refractivity (Wildman–Crippen MR) is 41.6 cm³/mol. The number of ether oxygens (including phenoxy) is 1. The molecule has 12 heavy (non-hydrogen) atoms. The Kier molecular flexibility index (Phi) is 5.77. The molecule has 0 aliphatic rings. The molecule has 1 amide bonds. The van der Waals surface area contributed by atoms with E-state index in [0.29, 0.717) is 12.8 Å². The van der Waals surface area contributed by atoms with Crippen molar-refractivity contribution in [1.29, 1.82) is 0 Å². The lowest BCUT2D eigenvalue weighted by molar-refractivity contribution is -0.137. The second kappa shape index (κ2) is 6.45. The maximum absolute atomic E-state index is 10.0. The van der Waals surface area contributed by atoms with Crippen LogP contribution >= 0.6 is 0 Å². The van der Waals surface area contributed by atoms with Crippen molar-refractivity contribution >= 4 is 12.1 Å². The van der Waals surface area contributed by atoms with Crippen molar-refractivity contribution in [3.8, 4) is 0 Å². The van der Waals surface area contributed by atoms with Crippen LogP contribution in [0.3, 0.4) is 0 Å². The van der Waals surface area contributed by atoms with Crippen LogP contribution in [0.5, 0.6) is 0 Å². The van der Waals surface area contributed by atoms with Crippen molar-refractivity contribution in [2.75, 3.05) is 6.61 Å². The van der Waals surface area contributed by atoms with E-state index >= 15 is 0 Å². The predicted octanol–water partition coefficient (Wildman–Crippen LogP) is 0.727. The van der Waals surface area contributed by atoms with E-state index < -0.39 is 12.1 Å². The van der Waals surface area contributed by atoms with Gasteiger partial charge in [-0.1, -0.05) is 0 Å². The number of carboxylic acids is 1. The normalized spacial score (nSPS) is 9.33. The summed E-state index contributed by atoms with van der Waals surface area (Å²) in [5.74, 6) is -0.800. The third-order valence-electron chi connectivity index (χ3n) is 1.28. The molecule has 0 bridgehead atoms. The van der Waals surface area contributed by atoms with Crippen molar-refractivity contribution in [2.45, 2.75) is 25.7 Å². The number of hydrogen-bond acceptors (Lipinski definition) is 3. The number of amides is 1. The molecule has 5 heteroatoms. The number of carbonyl (C=O) groups is 2. The number of aliphatic carboxylic acids is 1. The Hall–Kier alpha value is -1.26. The van der Waals surface area contributed by atoms with Crippen LogP contribution in [0.25, 0.3) is 0 Å². The average Bonchev–Trinajstić information content (AvgIpc) is 1.95. The average molecular weight is 175 g/mol. The van der Waals surface area contributed by atoms with E-state index in [0.717, 1.165) is 6.42 Å². The SMILES string of the molecule is NC(=O)OCCCCCC(=O)O. The lowest BCUT2D eigenvalue weighted by Crippen LogP contribution is -2.13. The van der Waals surface area contributed by atoms with Crippen molar-refractivity contribution in [3.05, 3.63) is 0 Å². The van der Waals surface area contributed by atoms with Gasteiger partial charge in [-0.3, -0.25) is 4.79 Å². The minimum Gasteiger partial charge on any atom is -0.481 e. The molecule has 0 aliphatic carbocycles. The van der Waals surface area contributed by atoms with Gasteiger partial charge in [0.05, 0.1) is 6.61 Å². The van der Waals surface area contributed by atoms with E-state index in [4.69, 9.17) is 10.8 Å². The summed E-state index contributed by atoms with van der Waals surface area (Å²) in [4.78, 5) is 20.1. The Labute approximate surface area is 70.5 Å². The zero-order valence-electron chi connectivity index (χ0n) is 6.78. The van der Waals surface area contributed by atoms with Crippen molar-refractivity contribution < 1.29 is 19.4 Å². The third-order valence-corrected chi connectivity index (χ3v) is 1.28. The molecule has 0 radical (unpaired) electrons. The fraction of sp³-hybridized carbons (Fsp3) is 0.714. The van der Waals surface area contributed by atoms with E-state index in [2.05, 4.69) is 4.74 Å². The van der Waals surface area contributed by atoms with Gasteiger partial charge in [0.25, 0.3) is 0 Å². The summed E-state index contributed by atoms with van der Waals surface area (Å²) in [6, 6.07) is 0. The van der Waals surface area contributed by atoms with Crippen LogP contribution < -0.4 is 5.73 Å². The Bertz CT molecular complexity index is 139. The monoisotopic (exact) mass is 175 g/mol. The standard InChI is InChI=1S/C7H13NO4/c8-7(11)12-5-3-1-2-4-6(9)10/h1-5H2,(H2,8,11)(H,9,10). The van der Waals surface area contributed by atoms with Gasteiger partial charge in [-0.05, 0) is 19.3 Å². The van der Waals surface area contributed by atoms with Gasteiger partial charge >= 0.3 is 12.1 Å². The van der Waals surface area contributed by atoms with Crippen LogP contribution in [0, 0.1) is 0 Å². The van der Waals surface area contributed by atoms with E-state index in [1.807, 2.05) is 0 Å². The summed E-state index contributed by atoms with van der Waals surface area (Å²) in [5, 5.41) is 8.25. The zero-order chi connectivity index (χ0) is 9.40. The zero-order valence-corrected chi connectivity index (χ0v) is 6.78. The molecule has 0 aromatic rings. The minimum atomic E-state index is -0.800. The molecule has 0 saturated carbocycles. The molecule has 0 saturated heterocycles. The number of nitrogens with two attached hydrogens (primary N) is 1. The number of primary amides is 1. The highest BCUT2D eigenvalue weighted by Gasteiger charge is 1.97. The Morgan fingerprint density at radius 2 is 1.92 bits per heavy atom. The van der Waals surface area contributed by atoms with Gasteiger partial charge in [0.15, 0.2) is 0 Å². The van der Waals surface area contributed by atoms with Gasteiger partial charge in [-0.2, -0.15) is 0 Å². The summed E-state index contributed by atoms with van der Waals surface area (Å²) >= 11 is 0. The lowest BCUT2D eigenvalue weighted by Gasteiger charge is -1.99. The Morgan fingerprint density at radius 1 is 1.25 bits per heavy atom. The van der Waals surface area contributed by atoms with Gasteiger partial charge < -0.3 is 15.6 Å². The van der Waals surface area contributed by atoms with Crippen LogP contribution in [0.15, 0.2) is 0 Å². The molecule has 0 atom stereocenters. The van der Waals surface area contributed by atoms with Gasteiger partial charge in [0, 0.05) is 6.42 Å². The van der Waals surface area contributed by atoms with Crippen LogP contribution in [-0.4, -0.2) is 23.8 Å². The van der Waals surface area contributed by atoms with Crippen LogP contribution in [-0.2, 0) is 9.53 Å². The van der Waals surface area contributed by atoms with Crippen molar-refractivity contribution in [3.63, 3.8) is 0 Å². The molecule has 5 nitrogen and oxygen atoms in total. The van der Waals surface area contributed by atoms with E-state index in [1.54, 1.807) is 0 Å². The molecule has 3 N–H and O–H groups in total. The molecule has 0 heterocycles. The maximum atomic E-state index is 10.0. The quantitative estimate of drug-likeness (QED) is 0.582. The Balaban J connectivity index is 3.01. The van der Waals surface area contributed by atoms with Gasteiger partial charge in [0.1, 0.15) is 0 Å². The molecule has 0 aliphatic heterocycles. The molecule has 70 valence electrons. The lowest BCUT2D eigenvalue weighted by atomic mass is 10.2. The summed E-state index contributed by atoms with van der Waals surface area (Å²) < 4.78 is 4.44. The molecule has 0 aromatic heterocycles. The molecule has 0 unspecified atom stereocenters. The number of rotatable bonds is 6. The fourth-order valence-electron chi connectivity index (χ4n) is 0.728. The molecular formula is C7H13NO4.